The molecule has 14 heavy (non-hydrogen) atoms. The van der Waals surface area contributed by atoms with Crippen molar-refractivity contribution in [3.05, 3.63) is 0 Å². The zero-order valence-corrected chi connectivity index (χ0v) is 8.66. The molecule has 0 spiro atoms. The fourth-order valence-electron chi connectivity index (χ4n) is 1.98. The average molecular weight is 201 g/mol. The van der Waals surface area contributed by atoms with Crippen LogP contribution in [0.5, 0.6) is 0 Å². The van der Waals surface area contributed by atoms with Gasteiger partial charge in [-0.1, -0.05) is 12.8 Å². The molecule has 4 heteroatoms. The fourth-order valence-corrected chi connectivity index (χ4v) is 1.98. The first kappa shape index (κ1) is 11.5. The van der Waals surface area contributed by atoms with Crippen molar-refractivity contribution in [1.82, 2.24) is 5.32 Å². The third-order valence-electron chi connectivity index (χ3n) is 2.88. The van der Waals surface area contributed by atoms with Crippen LogP contribution in [0.3, 0.4) is 0 Å². The van der Waals surface area contributed by atoms with Gasteiger partial charge in [-0.15, -0.1) is 0 Å². The number of carbonyl (C=O) groups is 1. The van der Waals surface area contributed by atoms with Crippen molar-refractivity contribution in [1.29, 1.82) is 0 Å². The highest BCUT2D eigenvalue weighted by atomic mass is 16.5. The van der Waals surface area contributed by atoms with E-state index in [2.05, 4.69) is 10.1 Å². The van der Waals surface area contributed by atoms with Gasteiger partial charge >= 0.3 is 5.97 Å². The maximum atomic E-state index is 10.9. The zero-order chi connectivity index (χ0) is 10.4. The van der Waals surface area contributed by atoms with Gasteiger partial charge in [-0.05, 0) is 18.8 Å². The lowest BCUT2D eigenvalue weighted by Gasteiger charge is -2.30. The molecule has 1 saturated carbocycles. The SMILES string of the molecule is COC(=O)CN[C@H]1CCCC[C@H]1CO. The van der Waals surface area contributed by atoms with Crippen LogP contribution in [0.15, 0.2) is 0 Å². The molecule has 0 aromatic heterocycles. The number of hydrogen-bond acceptors (Lipinski definition) is 4. The molecule has 0 unspecified atom stereocenters. The molecule has 0 amide bonds. The van der Waals surface area contributed by atoms with Crippen molar-refractivity contribution in [3.63, 3.8) is 0 Å². The number of aliphatic hydroxyl groups is 1. The Morgan fingerprint density at radius 2 is 2.21 bits per heavy atom. The van der Waals surface area contributed by atoms with Crippen LogP contribution in [0.2, 0.25) is 0 Å². The first-order chi connectivity index (χ1) is 6.77. The lowest BCUT2D eigenvalue weighted by atomic mass is 9.85. The molecule has 82 valence electrons. The Labute approximate surface area is 84.6 Å². The Morgan fingerprint density at radius 1 is 1.50 bits per heavy atom. The molecule has 1 rings (SSSR count). The molecule has 2 N–H and O–H groups in total. The largest absolute Gasteiger partial charge is 0.468 e. The van der Waals surface area contributed by atoms with E-state index in [1.807, 2.05) is 0 Å². The van der Waals surface area contributed by atoms with Crippen LogP contribution in [-0.2, 0) is 9.53 Å². The predicted octanol–water partition coefficient (Wildman–Crippen LogP) is 0.300. The highest BCUT2D eigenvalue weighted by Crippen LogP contribution is 2.23. The van der Waals surface area contributed by atoms with Crippen molar-refractivity contribution in [2.45, 2.75) is 31.7 Å². The van der Waals surface area contributed by atoms with Crippen LogP contribution in [0, 0.1) is 5.92 Å². The second-order valence-corrected chi connectivity index (χ2v) is 3.79. The van der Waals surface area contributed by atoms with E-state index in [-0.39, 0.29) is 25.2 Å². The van der Waals surface area contributed by atoms with Crippen LogP contribution in [0.4, 0.5) is 0 Å². The maximum absolute atomic E-state index is 10.9. The molecule has 0 radical (unpaired) electrons. The van der Waals surface area contributed by atoms with E-state index in [9.17, 15) is 4.79 Å². The van der Waals surface area contributed by atoms with Gasteiger partial charge < -0.3 is 15.2 Å². The monoisotopic (exact) mass is 201 g/mol. The number of aliphatic hydroxyl groups excluding tert-OH is 1. The van der Waals surface area contributed by atoms with E-state index >= 15 is 0 Å². The minimum Gasteiger partial charge on any atom is -0.468 e. The Balaban J connectivity index is 2.29. The highest BCUT2D eigenvalue weighted by Gasteiger charge is 2.24. The summed E-state index contributed by atoms with van der Waals surface area (Å²) in [5.74, 6) is 0.0562. The van der Waals surface area contributed by atoms with Gasteiger partial charge in [0, 0.05) is 12.6 Å². The quantitative estimate of drug-likeness (QED) is 0.642. The smallest absolute Gasteiger partial charge is 0.319 e. The van der Waals surface area contributed by atoms with Crippen LogP contribution in [0.25, 0.3) is 0 Å². The highest BCUT2D eigenvalue weighted by molar-refractivity contribution is 5.71. The summed E-state index contributed by atoms with van der Waals surface area (Å²) in [7, 11) is 1.38. The summed E-state index contributed by atoms with van der Waals surface area (Å²) in [5, 5.41) is 12.3. The molecule has 1 fully saturated rings. The van der Waals surface area contributed by atoms with E-state index in [0.29, 0.717) is 5.92 Å². The van der Waals surface area contributed by atoms with Gasteiger partial charge in [-0.3, -0.25) is 4.79 Å². The molecule has 4 nitrogen and oxygen atoms in total. The minimum absolute atomic E-state index is 0.207. The molecule has 0 saturated heterocycles. The van der Waals surface area contributed by atoms with E-state index in [0.717, 1.165) is 12.8 Å². The molecular weight excluding hydrogens is 182 g/mol. The summed E-state index contributed by atoms with van der Waals surface area (Å²) in [6.45, 7) is 0.455. The van der Waals surface area contributed by atoms with Crippen molar-refractivity contribution < 1.29 is 14.6 Å². The van der Waals surface area contributed by atoms with Gasteiger partial charge in [0.1, 0.15) is 0 Å². The third-order valence-corrected chi connectivity index (χ3v) is 2.88. The van der Waals surface area contributed by atoms with Crippen molar-refractivity contribution in [3.8, 4) is 0 Å². The van der Waals surface area contributed by atoms with Crippen molar-refractivity contribution >= 4 is 5.97 Å². The summed E-state index contributed by atoms with van der Waals surface area (Å²) >= 11 is 0. The van der Waals surface area contributed by atoms with E-state index in [1.54, 1.807) is 0 Å². The number of rotatable bonds is 4. The Morgan fingerprint density at radius 3 is 2.86 bits per heavy atom. The average Bonchev–Trinajstić information content (AvgIpc) is 2.26. The number of esters is 1. The molecule has 2 atom stereocenters. The molecular formula is C10H19NO3. The van der Waals surface area contributed by atoms with E-state index in [4.69, 9.17) is 5.11 Å². The fraction of sp³-hybridized carbons (Fsp3) is 0.900. The normalized spacial score (nSPS) is 27.3. The van der Waals surface area contributed by atoms with E-state index in [1.165, 1.54) is 20.0 Å². The van der Waals surface area contributed by atoms with Crippen LogP contribution in [-0.4, -0.2) is 37.4 Å². The van der Waals surface area contributed by atoms with Gasteiger partial charge in [0.05, 0.1) is 13.7 Å². The summed E-state index contributed by atoms with van der Waals surface area (Å²) in [6.07, 6.45) is 4.45. The number of carbonyl (C=O) groups excluding carboxylic acids is 1. The van der Waals surface area contributed by atoms with Crippen LogP contribution < -0.4 is 5.32 Å². The topological polar surface area (TPSA) is 58.6 Å². The maximum Gasteiger partial charge on any atom is 0.319 e. The second kappa shape index (κ2) is 5.98. The third kappa shape index (κ3) is 3.27. The summed E-state index contributed by atoms with van der Waals surface area (Å²) in [4.78, 5) is 10.9. The van der Waals surface area contributed by atoms with Crippen LogP contribution in [0.1, 0.15) is 25.7 Å². The lowest BCUT2D eigenvalue weighted by Crippen LogP contribution is -2.42. The summed E-state index contributed by atoms with van der Waals surface area (Å²) < 4.78 is 4.55. The number of nitrogens with one attached hydrogen (secondary N) is 1. The van der Waals surface area contributed by atoms with E-state index < -0.39 is 0 Å². The molecule has 1 aliphatic carbocycles. The minimum atomic E-state index is -0.243. The Bertz CT molecular complexity index is 184. The van der Waals surface area contributed by atoms with Gasteiger partial charge in [-0.2, -0.15) is 0 Å². The lowest BCUT2D eigenvalue weighted by molar-refractivity contribution is -0.139. The predicted molar refractivity (Wildman–Crippen MR) is 52.9 cm³/mol. The molecule has 0 heterocycles. The van der Waals surface area contributed by atoms with Gasteiger partial charge in [0.25, 0.3) is 0 Å². The number of hydrogen-bond donors (Lipinski definition) is 2. The Kier molecular flexibility index (Phi) is 4.90. The number of methoxy groups -OCH3 is 1. The van der Waals surface area contributed by atoms with Crippen LogP contribution >= 0.6 is 0 Å². The first-order valence-electron chi connectivity index (χ1n) is 5.19. The van der Waals surface area contributed by atoms with Crippen molar-refractivity contribution in [2.75, 3.05) is 20.3 Å². The molecule has 0 aromatic carbocycles. The van der Waals surface area contributed by atoms with Gasteiger partial charge in [0.2, 0.25) is 0 Å². The number of ether oxygens (including phenoxy) is 1. The molecule has 0 aliphatic heterocycles. The summed E-state index contributed by atoms with van der Waals surface area (Å²) in [5.41, 5.74) is 0. The first-order valence-corrected chi connectivity index (χ1v) is 5.19. The standard InChI is InChI=1S/C10H19NO3/c1-14-10(13)6-11-9-5-3-2-4-8(9)7-12/h8-9,11-12H,2-7H2,1H3/t8-,9-/m0/s1. The second-order valence-electron chi connectivity index (χ2n) is 3.79. The zero-order valence-electron chi connectivity index (χ0n) is 8.66. The van der Waals surface area contributed by atoms with Gasteiger partial charge in [0.15, 0.2) is 0 Å². The molecule has 0 bridgehead atoms. The summed E-state index contributed by atoms with van der Waals surface area (Å²) in [6, 6.07) is 0.271. The van der Waals surface area contributed by atoms with Crippen molar-refractivity contribution in [2.24, 2.45) is 5.92 Å². The molecule has 0 aromatic rings. The molecule has 1 aliphatic rings. The van der Waals surface area contributed by atoms with Gasteiger partial charge in [-0.25, -0.2) is 0 Å². The Hall–Kier alpha value is -0.610.